The van der Waals surface area contributed by atoms with Crippen molar-refractivity contribution in [3.05, 3.63) is 0 Å². The van der Waals surface area contributed by atoms with Crippen molar-refractivity contribution in [3.8, 4) is 0 Å². The molecule has 1 saturated carbocycles. The Kier molecular flexibility index (Phi) is 5.77. The van der Waals surface area contributed by atoms with Crippen LogP contribution in [0.5, 0.6) is 0 Å². The summed E-state index contributed by atoms with van der Waals surface area (Å²) in [6.07, 6.45) is 4.97. The molecule has 0 heterocycles. The van der Waals surface area contributed by atoms with Crippen molar-refractivity contribution < 1.29 is 14.3 Å². The topological polar surface area (TPSA) is 61.5 Å². The molecule has 1 aliphatic rings. The molecule has 0 aliphatic heterocycles. The van der Waals surface area contributed by atoms with E-state index in [1.165, 1.54) is 6.42 Å². The van der Waals surface area contributed by atoms with Gasteiger partial charge in [-0.15, -0.1) is 0 Å². The summed E-state index contributed by atoms with van der Waals surface area (Å²) in [5, 5.41) is 0. The van der Waals surface area contributed by atoms with E-state index in [0.717, 1.165) is 25.7 Å². The van der Waals surface area contributed by atoms with Crippen LogP contribution in [0.4, 0.5) is 0 Å². The Hall–Kier alpha value is -0.610. The Bertz CT molecular complexity index is 220. The van der Waals surface area contributed by atoms with Crippen molar-refractivity contribution in [1.82, 2.24) is 0 Å². The maximum absolute atomic E-state index is 11.9. The van der Waals surface area contributed by atoms with Gasteiger partial charge in [-0.05, 0) is 19.8 Å². The van der Waals surface area contributed by atoms with Crippen LogP contribution in [0.25, 0.3) is 0 Å². The zero-order valence-corrected chi connectivity index (χ0v) is 10.3. The van der Waals surface area contributed by atoms with E-state index in [0.29, 0.717) is 6.61 Å². The van der Waals surface area contributed by atoms with Gasteiger partial charge in [-0.3, -0.25) is 4.79 Å². The average molecular weight is 229 g/mol. The number of esters is 1. The molecule has 4 nitrogen and oxygen atoms in total. The number of hydrogen-bond donors (Lipinski definition) is 1. The second-order valence-corrected chi connectivity index (χ2v) is 4.61. The predicted octanol–water partition coefficient (Wildman–Crippen LogP) is 1.47. The summed E-state index contributed by atoms with van der Waals surface area (Å²) in [5.74, 6) is -0.277. The Morgan fingerprint density at radius 1 is 1.38 bits per heavy atom. The number of carbonyl (C=O) groups is 1. The molecule has 0 aromatic carbocycles. The van der Waals surface area contributed by atoms with E-state index in [9.17, 15) is 4.79 Å². The Labute approximate surface area is 97.5 Å². The van der Waals surface area contributed by atoms with Gasteiger partial charge >= 0.3 is 5.97 Å². The third-order valence-corrected chi connectivity index (χ3v) is 3.09. The highest BCUT2D eigenvalue weighted by Crippen LogP contribution is 2.23. The number of ether oxygens (including phenoxy) is 2. The molecule has 0 spiro atoms. The van der Waals surface area contributed by atoms with E-state index < -0.39 is 0 Å². The minimum absolute atomic E-state index is 0.0373. The lowest BCUT2D eigenvalue weighted by molar-refractivity contribution is -0.156. The van der Waals surface area contributed by atoms with Crippen molar-refractivity contribution in [2.24, 2.45) is 11.7 Å². The molecule has 3 unspecified atom stereocenters. The predicted molar refractivity (Wildman–Crippen MR) is 62.0 cm³/mol. The monoisotopic (exact) mass is 229 g/mol. The maximum Gasteiger partial charge on any atom is 0.310 e. The van der Waals surface area contributed by atoms with Gasteiger partial charge in [0.05, 0.1) is 12.5 Å². The Balaban J connectivity index is 2.44. The summed E-state index contributed by atoms with van der Waals surface area (Å²) in [4.78, 5) is 11.9. The molecule has 1 fully saturated rings. The van der Waals surface area contributed by atoms with Gasteiger partial charge in [0.2, 0.25) is 0 Å². The van der Waals surface area contributed by atoms with Gasteiger partial charge in [-0.1, -0.05) is 19.3 Å². The standard InChI is InChI=1S/C12H23NO3/c1-9(8-15-2)16-12(14)10-6-4-3-5-7-11(10)13/h9-11H,3-8,13H2,1-2H3. The van der Waals surface area contributed by atoms with Gasteiger partial charge in [0.25, 0.3) is 0 Å². The van der Waals surface area contributed by atoms with Crippen LogP contribution in [0, 0.1) is 5.92 Å². The second kappa shape index (κ2) is 6.86. The van der Waals surface area contributed by atoms with E-state index in [4.69, 9.17) is 15.2 Å². The molecule has 94 valence electrons. The number of carbonyl (C=O) groups excluding carboxylic acids is 1. The summed E-state index contributed by atoms with van der Waals surface area (Å²) in [6, 6.07) is -0.0373. The minimum Gasteiger partial charge on any atom is -0.460 e. The molecule has 0 aromatic heterocycles. The molecule has 1 aliphatic carbocycles. The molecule has 4 heteroatoms. The van der Waals surface area contributed by atoms with Crippen LogP contribution >= 0.6 is 0 Å². The molecule has 0 radical (unpaired) electrons. The molecule has 0 bridgehead atoms. The van der Waals surface area contributed by atoms with Crippen LogP contribution in [0.2, 0.25) is 0 Å². The van der Waals surface area contributed by atoms with E-state index in [1.807, 2.05) is 6.92 Å². The smallest absolute Gasteiger partial charge is 0.310 e. The highest BCUT2D eigenvalue weighted by atomic mass is 16.6. The third kappa shape index (κ3) is 4.10. The molecule has 0 amide bonds. The number of hydrogen-bond acceptors (Lipinski definition) is 4. The van der Waals surface area contributed by atoms with Crippen LogP contribution in [-0.2, 0) is 14.3 Å². The molecule has 2 N–H and O–H groups in total. The molecular formula is C12H23NO3. The first kappa shape index (κ1) is 13.5. The number of methoxy groups -OCH3 is 1. The fourth-order valence-corrected chi connectivity index (χ4v) is 2.18. The lowest BCUT2D eigenvalue weighted by Crippen LogP contribution is -2.37. The quantitative estimate of drug-likeness (QED) is 0.586. The van der Waals surface area contributed by atoms with E-state index in [1.54, 1.807) is 7.11 Å². The lowest BCUT2D eigenvalue weighted by atomic mass is 9.96. The first-order chi connectivity index (χ1) is 7.65. The van der Waals surface area contributed by atoms with E-state index >= 15 is 0 Å². The van der Waals surface area contributed by atoms with Crippen molar-refractivity contribution in [2.45, 2.75) is 51.2 Å². The summed E-state index contributed by atoms with van der Waals surface area (Å²) < 4.78 is 10.2. The van der Waals surface area contributed by atoms with Crippen LogP contribution in [0.15, 0.2) is 0 Å². The fourth-order valence-electron chi connectivity index (χ4n) is 2.18. The molecule has 0 saturated heterocycles. The van der Waals surface area contributed by atoms with Gasteiger partial charge in [0, 0.05) is 13.2 Å². The highest BCUT2D eigenvalue weighted by molar-refractivity contribution is 5.73. The lowest BCUT2D eigenvalue weighted by Gasteiger charge is -2.22. The third-order valence-electron chi connectivity index (χ3n) is 3.09. The number of nitrogens with two attached hydrogens (primary N) is 1. The van der Waals surface area contributed by atoms with E-state index in [-0.39, 0.29) is 24.0 Å². The molecule has 16 heavy (non-hydrogen) atoms. The van der Waals surface area contributed by atoms with E-state index in [2.05, 4.69) is 0 Å². The van der Waals surface area contributed by atoms with Gasteiger partial charge < -0.3 is 15.2 Å². The summed E-state index contributed by atoms with van der Waals surface area (Å²) in [6.45, 7) is 2.28. The van der Waals surface area contributed by atoms with Gasteiger partial charge in [-0.2, -0.15) is 0 Å². The van der Waals surface area contributed by atoms with Gasteiger partial charge in [0.1, 0.15) is 6.10 Å². The van der Waals surface area contributed by atoms with Crippen molar-refractivity contribution in [3.63, 3.8) is 0 Å². The first-order valence-corrected chi connectivity index (χ1v) is 6.10. The summed E-state index contributed by atoms with van der Waals surface area (Å²) >= 11 is 0. The van der Waals surface area contributed by atoms with Crippen molar-refractivity contribution >= 4 is 5.97 Å². The molecule has 0 aromatic rings. The normalized spacial score (nSPS) is 28.2. The van der Waals surface area contributed by atoms with Crippen molar-refractivity contribution in [1.29, 1.82) is 0 Å². The van der Waals surface area contributed by atoms with Gasteiger partial charge in [-0.25, -0.2) is 0 Å². The fraction of sp³-hybridized carbons (Fsp3) is 0.917. The largest absolute Gasteiger partial charge is 0.460 e. The number of rotatable bonds is 4. The average Bonchev–Trinajstić information content (AvgIpc) is 2.43. The molecular weight excluding hydrogens is 206 g/mol. The Morgan fingerprint density at radius 2 is 2.06 bits per heavy atom. The SMILES string of the molecule is COCC(C)OC(=O)C1CCCCCC1N. The zero-order chi connectivity index (χ0) is 12.0. The minimum atomic E-state index is -0.187. The Morgan fingerprint density at radius 3 is 2.75 bits per heavy atom. The van der Waals surface area contributed by atoms with Crippen LogP contribution in [-0.4, -0.2) is 31.8 Å². The van der Waals surface area contributed by atoms with Gasteiger partial charge in [0.15, 0.2) is 0 Å². The van der Waals surface area contributed by atoms with Crippen LogP contribution < -0.4 is 5.73 Å². The van der Waals surface area contributed by atoms with Crippen LogP contribution in [0.3, 0.4) is 0 Å². The first-order valence-electron chi connectivity index (χ1n) is 6.10. The zero-order valence-electron chi connectivity index (χ0n) is 10.3. The van der Waals surface area contributed by atoms with Crippen molar-refractivity contribution in [2.75, 3.05) is 13.7 Å². The molecule has 3 atom stereocenters. The maximum atomic E-state index is 11.9. The summed E-state index contributed by atoms with van der Waals surface area (Å²) in [5.41, 5.74) is 6.00. The van der Waals surface area contributed by atoms with Crippen LogP contribution in [0.1, 0.15) is 39.0 Å². The molecule has 1 rings (SSSR count). The highest BCUT2D eigenvalue weighted by Gasteiger charge is 2.29. The summed E-state index contributed by atoms with van der Waals surface area (Å²) in [7, 11) is 1.60. The second-order valence-electron chi connectivity index (χ2n) is 4.61.